The van der Waals surface area contributed by atoms with Crippen molar-refractivity contribution in [3.8, 4) is 0 Å². The molecular formula is C50H71N15O10. The number of Topliss-reactive ketones (excluding diaryl/α,β-unsaturated/α-hetero) is 2. The molecule has 0 saturated carbocycles. The Labute approximate surface area is 433 Å². The Kier molecular flexibility index (Phi) is 23.6. The molecule has 2 aromatic carbocycles. The van der Waals surface area contributed by atoms with Crippen LogP contribution in [0.5, 0.6) is 0 Å². The quantitative estimate of drug-likeness (QED) is 0.0363. The third kappa shape index (κ3) is 20.6. The summed E-state index contributed by atoms with van der Waals surface area (Å²) in [5.41, 5.74) is 35.4. The minimum Gasteiger partial charge on any atom is -0.370 e. The molecule has 1 aromatic heterocycles. The minimum absolute atomic E-state index is 0.0207. The van der Waals surface area contributed by atoms with Gasteiger partial charge in [-0.25, -0.2) is 0 Å². The van der Waals surface area contributed by atoms with Gasteiger partial charge in [0.05, 0.1) is 12.5 Å². The number of aromatic nitrogens is 1. The number of guanidine groups is 2. The Morgan fingerprint density at radius 1 is 0.720 bits per heavy atom. The fourth-order valence-electron chi connectivity index (χ4n) is 8.64. The molecule has 8 amide bonds. The average molecular weight is 1040 g/mol. The summed E-state index contributed by atoms with van der Waals surface area (Å²) in [7, 11) is 0. The van der Waals surface area contributed by atoms with Gasteiger partial charge < -0.3 is 71.3 Å². The molecule has 406 valence electrons. The highest BCUT2D eigenvalue weighted by molar-refractivity contribution is 5.99. The van der Waals surface area contributed by atoms with Crippen LogP contribution in [0.3, 0.4) is 0 Å². The summed E-state index contributed by atoms with van der Waals surface area (Å²) in [6.45, 7) is 1.23. The van der Waals surface area contributed by atoms with Gasteiger partial charge in [0.25, 0.3) is 0 Å². The number of para-hydroxylation sites is 1. The third-order valence-electron chi connectivity index (χ3n) is 12.5. The molecule has 4 rings (SSSR count). The maximum atomic E-state index is 14.7. The SMILES string of the molecule is CC(=O)N[C@@H](CCCN=C(N)N)C(=O)N[C@H]1CCCC(=O)NCC[C@@H](C(N)=O)NC(=O)[C@H](Cc2c[nH]c3ccccc23)CC(=O)[C@H](CCCN=C(N)N)CC(=O)[C@@H](Cc2ccccc2)NC(=O)[C@H](CC(N)=O)NC1=O. The normalized spacial score (nSPS) is 21.2. The maximum Gasteiger partial charge on any atom is 0.243 e. The van der Waals surface area contributed by atoms with E-state index in [1.54, 1.807) is 36.5 Å². The number of nitrogens with two attached hydrogens (primary N) is 6. The summed E-state index contributed by atoms with van der Waals surface area (Å²) in [6, 6.07) is 8.88. The summed E-state index contributed by atoms with van der Waals surface area (Å²) in [5, 5.41) is 16.4. The van der Waals surface area contributed by atoms with E-state index < -0.39 is 120 Å². The van der Waals surface area contributed by atoms with Gasteiger partial charge in [-0.2, -0.15) is 0 Å². The first-order valence-electron chi connectivity index (χ1n) is 24.8. The largest absolute Gasteiger partial charge is 0.370 e. The number of nitrogens with zero attached hydrogens (tertiary/aromatic N) is 2. The fourth-order valence-corrected chi connectivity index (χ4v) is 8.64. The van der Waals surface area contributed by atoms with Gasteiger partial charge in [-0.3, -0.25) is 57.9 Å². The molecule has 75 heavy (non-hydrogen) atoms. The van der Waals surface area contributed by atoms with E-state index in [-0.39, 0.29) is 95.8 Å². The van der Waals surface area contributed by atoms with Crippen molar-refractivity contribution in [2.75, 3.05) is 19.6 Å². The number of fused-ring (bicyclic) bond motifs is 1. The van der Waals surface area contributed by atoms with Gasteiger partial charge in [0, 0.05) is 74.8 Å². The van der Waals surface area contributed by atoms with Crippen LogP contribution in [0.2, 0.25) is 0 Å². The van der Waals surface area contributed by atoms with E-state index in [1.807, 2.05) is 24.3 Å². The molecule has 1 aliphatic heterocycles. The molecule has 1 fully saturated rings. The number of hydrogen-bond donors (Lipinski definition) is 13. The highest BCUT2D eigenvalue weighted by Crippen LogP contribution is 2.26. The van der Waals surface area contributed by atoms with E-state index in [4.69, 9.17) is 34.4 Å². The zero-order valence-electron chi connectivity index (χ0n) is 42.1. The van der Waals surface area contributed by atoms with Crippen LogP contribution in [0.25, 0.3) is 10.9 Å². The summed E-state index contributed by atoms with van der Waals surface area (Å²) in [5.74, 6) is -10.2. The predicted molar refractivity (Wildman–Crippen MR) is 278 cm³/mol. The van der Waals surface area contributed by atoms with Gasteiger partial charge in [-0.15, -0.1) is 0 Å². The average Bonchev–Trinajstić information content (AvgIpc) is 3.76. The topological polar surface area (TPSA) is 440 Å². The highest BCUT2D eigenvalue weighted by Gasteiger charge is 2.35. The number of hydrogen-bond acceptors (Lipinski definition) is 12. The van der Waals surface area contributed by atoms with Gasteiger partial charge in [0.2, 0.25) is 47.3 Å². The summed E-state index contributed by atoms with van der Waals surface area (Å²) in [6.07, 6.45) is -0.0865. The number of H-pyrrole nitrogens is 1. The van der Waals surface area contributed by atoms with Gasteiger partial charge in [-0.05, 0) is 75.0 Å². The van der Waals surface area contributed by atoms with Crippen molar-refractivity contribution in [1.29, 1.82) is 0 Å². The Morgan fingerprint density at radius 2 is 1.37 bits per heavy atom. The van der Waals surface area contributed by atoms with Crippen LogP contribution in [0, 0.1) is 11.8 Å². The maximum absolute atomic E-state index is 14.7. The Balaban J connectivity index is 1.77. The second-order valence-electron chi connectivity index (χ2n) is 18.5. The standard InChI is InChI=1S/C50H71N15O10/c1-28(66)61-36(16-9-20-59-50(55)56)46(73)63-37-15-7-17-43(70)57-21-18-35(44(52)71)62-45(72)31(23-32-27-60-34-14-6-5-13-33(32)34)25-40(67)30(12-8-19-58-49(53)54)24-41(68)38(22-29-10-3-2-4-11-29)64-48(75)39(26-42(51)69)65-47(37)74/h2-6,10-11,13-14,27,30-31,35-39,60H,7-9,12,15-26H2,1H3,(H2,51,69)(H2,52,71)(H,57,70)(H,61,66)(H,62,72)(H,63,73)(H,64,75)(H,65,74)(H4,53,54,58)(H4,55,56,59)/t30-,31-,35+,36+,37+,38-,39+/m1/s1. The number of primary amides is 2. The summed E-state index contributed by atoms with van der Waals surface area (Å²) < 4.78 is 0. The van der Waals surface area contributed by atoms with Crippen molar-refractivity contribution < 1.29 is 47.9 Å². The number of aromatic amines is 1. The number of carbonyl (C=O) groups excluding carboxylic acids is 10. The number of aliphatic imine (C=N–C) groups is 2. The molecule has 25 heteroatoms. The van der Waals surface area contributed by atoms with Crippen molar-refractivity contribution in [1.82, 2.24) is 36.9 Å². The van der Waals surface area contributed by atoms with E-state index in [9.17, 15) is 47.9 Å². The highest BCUT2D eigenvalue weighted by atomic mass is 16.2. The Morgan fingerprint density at radius 3 is 2.04 bits per heavy atom. The molecular weight excluding hydrogens is 971 g/mol. The van der Waals surface area contributed by atoms with Gasteiger partial charge in [0.1, 0.15) is 30.0 Å². The number of ketones is 2. The number of carbonyl (C=O) groups is 10. The first-order valence-corrected chi connectivity index (χ1v) is 24.8. The number of rotatable bonds is 18. The van der Waals surface area contributed by atoms with Gasteiger partial charge >= 0.3 is 0 Å². The fraction of sp³-hybridized carbons (Fsp3) is 0.480. The second-order valence-corrected chi connectivity index (χ2v) is 18.5. The van der Waals surface area contributed by atoms with Crippen LogP contribution in [-0.2, 0) is 60.8 Å². The number of amides is 8. The lowest BCUT2D eigenvalue weighted by Crippen LogP contribution is -2.58. The molecule has 0 spiro atoms. The predicted octanol–water partition coefficient (Wildman–Crippen LogP) is -2.29. The van der Waals surface area contributed by atoms with E-state index in [0.717, 1.165) is 10.9 Å². The van der Waals surface area contributed by atoms with E-state index in [0.29, 0.717) is 11.1 Å². The van der Waals surface area contributed by atoms with Crippen molar-refractivity contribution in [3.63, 3.8) is 0 Å². The summed E-state index contributed by atoms with van der Waals surface area (Å²) in [4.78, 5) is 148. The van der Waals surface area contributed by atoms with Crippen LogP contribution in [-0.4, -0.2) is 126 Å². The molecule has 0 unspecified atom stereocenters. The van der Waals surface area contributed by atoms with E-state index >= 15 is 0 Å². The molecule has 0 aliphatic carbocycles. The van der Waals surface area contributed by atoms with E-state index in [1.165, 1.54) is 6.92 Å². The van der Waals surface area contributed by atoms with Crippen molar-refractivity contribution in [3.05, 3.63) is 71.9 Å². The molecule has 7 atom stereocenters. The molecule has 19 N–H and O–H groups in total. The molecule has 2 heterocycles. The van der Waals surface area contributed by atoms with Crippen LogP contribution in [0.1, 0.15) is 88.7 Å². The van der Waals surface area contributed by atoms with Crippen LogP contribution >= 0.6 is 0 Å². The lowest BCUT2D eigenvalue weighted by atomic mass is 9.83. The minimum atomic E-state index is -1.71. The summed E-state index contributed by atoms with van der Waals surface area (Å²) >= 11 is 0. The van der Waals surface area contributed by atoms with Crippen LogP contribution in [0.15, 0.2) is 70.8 Å². The first-order chi connectivity index (χ1) is 35.7. The van der Waals surface area contributed by atoms with Gasteiger partial charge in [-0.1, -0.05) is 48.5 Å². The first kappa shape index (κ1) is 59.2. The van der Waals surface area contributed by atoms with Gasteiger partial charge in [0.15, 0.2) is 17.7 Å². The zero-order valence-corrected chi connectivity index (χ0v) is 42.1. The Bertz CT molecular complexity index is 2560. The third-order valence-corrected chi connectivity index (χ3v) is 12.5. The van der Waals surface area contributed by atoms with Crippen molar-refractivity contribution in [2.45, 2.75) is 121 Å². The van der Waals surface area contributed by atoms with Crippen molar-refractivity contribution >= 4 is 81.6 Å². The molecule has 3 aromatic rings. The molecule has 0 radical (unpaired) electrons. The molecule has 25 nitrogen and oxygen atoms in total. The lowest BCUT2D eigenvalue weighted by molar-refractivity contribution is -0.136. The smallest absolute Gasteiger partial charge is 0.243 e. The monoisotopic (exact) mass is 1040 g/mol. The van der Waals surface area contributed by atoms with E-state index in [2.05, 4.69) is 46.9 Å². The number of benzene rings is 2. The molecule has 1 aliphatic rings. The Hall–Kier alpha value is -8.38. The van der Waals surface area contributed by atoms with Crippen molar-refractivity contribution in [2.24, 2.45) is 56.2 Å². The number of nitrogens with one attached hydrogen (secondary N) is 7. The van der Waals surface area contributed by atoms with Crippen LogP contribution in [0.4, 0.5) is 0 Å². The molecule has 0 bridgehead atoms. The molecule has 1 saturated heterocycles. The lowest BCUT2D eigenvalue weighted by Gasteiger charge is -2.27. The zero-order chi connectivity index (χ0) is 55.0. The second kappa shape index (κ2) is 30.0. The van der Waals surface area contributed by atoms with Crippen LogP contribution < -0.4 is 66.3 Å².